The summed E-state index contributed by atoms with van der Waals surface area (Å²) in [5.74, 6) is 0.670. The molecule has 0 saturated carbocycles. The fraction of sp³-hybridized carbons (Fsp3) is 0.600. The molecular formula is C40H71BrCl2N8O4. The molecule has 4 atom stereocenters. The second-order valence-corrected chi connectivity index (χ2v) is 14.1. The van der Waals surface area contributed by atoms with Gasteiger partial charge in [0.05, 0.1) is 48.8 Å². The highest BCUT2D eigenvalue weighted by Gasteiger charge is 2.24. The van der Waals surface area contributed by atoms with E-state index in [4.69, 9.17) is 44.1 Å². The monoisotopic (exact) mass is 876 g/mol. The maximum atomic E-state index is 9.79. The topological polar surface area (TPSA) is 169 Å². The molecule has 3 aliphatic rings. The van der Waals surface area contributed by atoms with Crippen LogP contribution < -0.4 is 41.8 Å². The normalized spacial score (nSPS) is 19.4. The summed E-state index contributed by atoms with van der Waals surface area (Å²) in [7, 11) is 3.24. The number of halogens is 3. The first kappa shape index (κ1) is 56.7. The van der Waals surface area contributed by atoms with Gasteiger partial charge in [-0.2, -0.15) is 0 Å². The number of nitrogens with zero attached hydrogens (tertiary/aromatic N) is 3. The molecule has 3 aliphatic heterocycles. The van der Waals surface area contributed by atoms with E-state index in [-0.39, 0.29) is 26.4 Å². The SMILES string of the molecule is C.C.CC(=O)C(C)=O.CC1=NCCN=C1C.COc1cc(Br)ccc1Cl.COc1cc(N2CCN[C@H](C)[C@@H]2C)ccc1Cl.C[C@@H]1NCCN[C@@H]1C.NCCN. The third-order valence-corrected chi connectivity index (χ3v) is 9.52. The van der Waals surface area contributed by atoms with Gasteiger partial charge in [-0.3, -0.25) is 19.6 Å². The maximum absolute atomic E-state index is 9.79. The second-order valence-electron chi connectivity index (χ2n) is 12.4. The number of rotatable bonds is 5. The number of Topliss-reactive ketones (excluding diaryl/α,β-unsaturated/α-hetero) is 2. The highest BCUT2D eigenvalue weighted by Crippen LogP contribution is 2.31. The van der Waals surface area contributed by atoms with Gasteiger partial charge in [0.2, 0.25) is 0 Å². The van der Waals surface area contributed by atoms with Crippen LogP contribution >= 0.6 is 39.1 Å². The number of hydrogen-bond donors (Lipinski definition) is 5. The van der Waals surface area contributed by atoms with Crippen LogP contribution in [-0.4, -0.2) is 114 Å². The second kappa shape index (κ2) is 32.5. The quantitative estimate of drug-likeness (QED) is 0.200. The standard InChI is InChI=1S/C13H19ClN2O.C7H6BrClO.C6H14N2.C6H10N2.C4H6O2.C2H8N2.2CH4/c1-9-10(2)16(7-6-15-9)11-4-5-12(14)13(8-11)17-3;1-10-7-4-5(8)2-3-6(7)9;2*1-5-6(2)8-4-3-7-5;1-3(5)4(2)6;3-1-2-4;;/h4-5,8-10,15H,6-7H2,1-3H3;2-4H,1H3;5-8H,3-4H2,1-2H3;3-4H2,1-2H3;1-2H3;1-4H2;2*1H4/t9-,10+;;5-,6+;;;;;/m1......./s1. The van der Waals surface area contributed by atoms with Crippen LogP contribution in [0.25, 0.3) is 0 Å². The van der Waals surface area contributed by atoms with Crippen molar-refractivity contribution in [1.82, 2.24) is 16.0 Å². The van der Waals surface area contributed by atoms with Crippen molar-refractivity contribution in [3.05, 3.63) is 50.9 Å². The lowest BCUT2D eigenvalue weighted by molar-refractivity contribution is -0.134. The minimum absolute atomic E-state index is 0. The fourth-order valence-corrected chi connectivity index (χ4v) is 5.23. The van der Waals surface area contributed by atoms with Crippen LogP contribution in [0.15, 0.2) is 50.9 Å². The number of ketones is 2. The maximum Gasteiger partial charge on any atom is 0.195 e. The number of carbonyl (C=O) groups excluding carboxylic acids is 2. The van der Waals surface area contributed by atoms with Gasteiger partial charge in [-0.1, -0.05) is 54.0 Å². The Labute approximate surface area is 351 Å². The Balaban J connectivity index is -0.000000623. The number of nitrogens with one attached hydrogen (secondary N) is 3. The molecule has 15 heteroatoms. The van der Waals surface area contributed by atoms with E-state index in [1.807, 2.05) is 38.1 Å². The molecule has 0 bridgehead atoms. The van der Waals surface area contributed by atoms with Gasteiger partial charge in [0.15, 0.2) is 11.6 Å². The minimum atomic E-state index is -0.380. The Morgan fingerprint density at radius 3 is 1.55 bits per heavy atom. The summed E-state index contributed by atoms with van der Waals surface area (Å²) >= 11 is 15.1. The number of ether oxygens (including phenoxy) is 2. The average Bonchev–Trinajstić information content (AvgIpc) is 3.14. The van der Waals surface area contributed by atoms with Crippen molar-refractivity contribution < 1.29 is 19.1 Å². The van der Waals surface area contributed by atoms with Gasteiger partial charge in [-0.15, -0.1) is 0 Å². The number of benzene rings is 2. The van der Waals surface area contributed by atoms with Crippen molar-refractivity contribution in [3.8, 4) is 11.5 Å². The molecule has 2 fully saturated rings. The molecule has 5 rings (SSSR count). The van der Waals surface area contributed by atoms with Gasteiger partial charge in [-0.25, -0.2) is 0 Å². The Morgan fingerprint density at radius 1 is 0.764 bits per heavy atom. The van der Waals surface area contributed by atoms with Crippen molar-refractivity contribution in [2.45, 2.75) is 94.4 Å². The zero-order valence-electron chi connectivity index (χ0n) is 33.2. The molecule has 12 nitrogen and oxygen atoms in total. The molecule has 0 radical (unpaired) electrons. The molecule has 316 valence electrons. The summed E-state index contributed by atoms with van der Waals surface area (Å²) in [5.41, 5.74) is 13.2. The van der Waals surface area contributed by atoms with Crippen molar-refractivity contribution in [2.24, 2.45) is 21.5 Å². The highest BCUT2D eigenvalue weighted by molar-refractivity contribution is 9.10. The first-order chi connectivity index (χ1) is 25.0. The summed E-state index contributed by atoms with van der Waals surface area (Å²) in [5, 5.41) is 11.5. The van der Waals surface area contributed by atoms with Crippen LogP contribution in [0.2, 0.25) is 10.0 Å². The molecule has 2 aromatic carbocycles. The van der Waals surface area contributed by atoms with Gasteiger partial charge in [0.1, 0.15) is 11.5 Å². The minimum Gasteiger partial charge on any atom is -0.495 e. The van der Waals surface area contributed by atoms with Crippen molar-refractivity contribution in [2.75, 3.05) is 71.5 Å². The summed E-state index contributed by atoms with van der Waals surface area (Å²) < 4.78 is 11.2. The van der Waals surface area contributed by atoms with E-state index >= 15 is 0 Å². The molecule has 3 heterocycles. The number of nitrogens with two attached hydrogens (primary N) is 2. The van der Waals surface area contributed by atoms with E-state index in [9.17, 15) is 9.59 Å². The van der Waals surface area contributed by atoms with E-state index in [1.54, 1.807) is 20.3 Å². The van der Waals surface area contributed by atoms with Crippen LogP contribution in [-0.2, 0) is 9.59 Å². The van der Waals surface area contributed by atoms with Gasteiger partial charge in [0.25, 0.3) is 0 Å². The lowest BCUT2D eigenvalue weighted by atomic mass is 10.1. The summed E-state index contributed by atoms with van der Waals surface area (Å²) in [6.07, 6.45) is 0. The fourth-order valence-electron chi connectivity index (χ4n) is 4.50. The molecular weight excluding hydrogens is 807 g/mol. The smallest absolute Gasteiger partial charge is 0.195 e. The van der Waals surface area contributed by atoms with E-state index in [2.05, 4.69) is 80.5 Å². The molecule has 0 aliphatic carbocycles. The molecule has 0 amide bonds. The van der Waals surface area contributed by atoms with E-state index < -0.39 is 0 Å². The van der Waals surface area contributed by atoms with Gasteiger partial charge in [0, 0.05) is 93.5 Å². The number of methoxy groups -OCH3 is 2. The Morgan fingerprint density at radius 2 is 1.18 bits per heavy atom. The first-order valence-electron chi connectivity index (χ1n) is 17.8. The van der Waals surface area contributed by atoms with Gasteiger partial charge in [-0.05, 0) is 71.9 Å². The summed E-state index contributed by atoms with van der Waals surface area (Å²) in [4.78, 5) is 30.4. The first-order valence-corrected chi connectivity index (χ1v) is 19.3. The van der Waals surface area contributed by atoms with E-state index in [1.165, 1.54) is 19.5 Å². The lowest BCUT2D eigenvalue weighted by Gasteiger charge is -2.40. The lowest BCUT2D eigenvalue weighted by Crippen LogP contribution is -2.55. The van der Waals surface area contributed by atoms with Crippen LogP contribution in [0.4, 0.5) is 5.69 Å². The van der Waals surface area contributed by atoms with Gasteiger partial charge >= 0.3 is 0 Å². The van der Waals surface area contributed by atoms with E-state index in [0.29, 0.717) is 53.1 Å². The van der Waals surface area contributed by atoms with Crippen molar-refractivity contribution in [3.63, 3.8) is 0 Å². The molecule has 7 N–H and O–H groups in total. The third kappa shape index (κ3) is 23.9. The van der Waals surface area contributed by atoms with Crippen molar-refractivity contribution in [1.29, 1.82) is 0 Å². The zero-order valence-corrected chi connectivity index (χ0v) is 36.3. The average molecular weight is 879 g/mol. The van der Waals surface area contributed by atoms with E-state index in [0.717, 1.165) is 60.9 Å². The molecule has 0 unspecified atom stereocenters. The Bertz CT molecular complexity index is 1390. The summed E-state index contributed by atoms with van der Waals surface area (Å²) in [6, 6.07) is 13.7. The summed E-state index contributed by atoms with van der Waals surface area (Å²) in [6.45, 7) is 22.6. The highest BCUT2D eigenvalue weighted by atomic mass is 79.9. The number of aliphatic imine (C=N–C) groups is 2. The number of carbonyl (C=O) groups is 2. The molecule has 0 aromatic heterocycles. The Hall–Kier alpha value is -2.62. The number of piperazine rings is 2. The third-order valence-electron chi connectivity index (χ3n) is 8.41. The van der Waals surface area contributed by atoms with Crippen LogP contribution in [0, 0.1) is 0 Å². The molecule has 2 aromatic rings. The van der Waals surface area contributed by atoms with Gasteiger partial charge < -0.3 is 41.8 Å². The number of anilines is 1. The predicted molar refractivity (Wildman–Crippen MR) is 242 cm³/mol. The van der Waals surface area contributed by atoms with Crippen molar-refractivity contribution >= 4 is 67.8 Å². The number of hydrogen-bond acceptors (Lipinski definition) is 12. The van der Waals surface area contributed by atoms with Crippen LogP contribution in [0.5, 0.6) is 11.5 Å². The largest absolute Gasteiger partial charge is 0.495 e. The van der Waals surface area contributed by atoms with Crippen LogP contribution in [0.3, 0.4) is 0 Å². The van der Waals surface area contributed by atoms with Crippen LogP contribution in [0.1, 0.15) is 70.2 Å². The molecule has 55 heavy (non-hydrogen) atoms. The molecule has 2 saturated heterocycles. The predicted octanol–water partition coefficient (Wildman–Crippen LogP) is 6.86. The molecule has 0 spiro atoms. The zero-order chi connectivity index (χ0) is 40.5. The Kier molecular flexibility index (Phi) is 33.5.